The van der Waals surface area contributed by atoms with Gasteiger partial charge in [-0.25, -0.2) is 4.98 Å². The molecule has 5 heteroatoms. The average molecular weight is 381 g/mol. The molecule has 0 aliphatic heterocycles. The summed E-state index contributed by atoms with van der Waals surface area (Å²) in [4.78, 5) is 16.6. The van der Waals surface area contributed by atoms with Crippen LogP contribution in [0.3, 0.4) is 0 Å². The van der Waals surface area contributed by atoms with E-state index in [0.29, 0.717) is 23.9 Å². The minimum atomic E-state index is 0.0284. The Morgan fingerprint density at radius 1 is 1.07 bits per heavy atom. The topological polar surface area (TPSA) is 55.1 Å². The molecular formula is C22H24N2O2S. The number of benzene rings is 2. The summed E-state index contributed by atoms with van der Waals surface area (Å²) in [5, 5.41) is 2.95. The molecule has 0 bridgehead atoms. The van der Waals surface area contributed by atoms with Gasteiger partial charge in [0.2, 0.25) is 11.8 Å². The summed E-state index contributed by atoms with van der Waals surface area (Å²) in [5.41, 5.74) is 5.36. The predicted molar refractivity (Wildman–Crippen MR) is 111 cm³/mol. The van der Waals surface area contributed by atoms with Crippen molar-refractivity contribution >= 4 is 17.7 Å². The van der Waals surface area contributed by atoms with Crippen molar-refractivity contribution in [1.29, 1.82) is 0 Å². The van der Waals surface area contributed by atoms with Crippen LogP contribution in [-0.4, -0.2) is 16.6 Å². The van der Waals surface area contributed by atoms with E-state index in [1.54, 1.807) is 11.8 Å². The van der Waals surface area contributed by atoms with Crippen LogP contribution in [0.2, 0.25) is 0 Å². The van der Waals surface area contributed by atoms with Crippen LogP contribution in [0.5, 0.6) is 0 Å². The standard InChI is InChI=1S/C22H24N2O2S/c1-15-7-9-18(10-8-15)12-23-21(25)14-27-13-20-17(3)26-22(24-20)19-6-4-5-16(2)11-19/h4-11H,12-14H2,1-3H3,(H,23,25). The molecule has 0 aliphatic carbocycles. The van der Waals surface area contributed by atoms with Crippen molar-refractivity contribution in [3.05, 3.63) is 76.7 Å². The second-order valence-electron chi connectivity index (χ2n) is 6.65. The van der Waals surface area contributed by atoms with E-state index in [1.165, 1.54) is 11.1 Å². The summed E-state index contributed by atoms with van der Waals surface area (Å²) in [6.45, 7) is 6.57. The zero-order valence-electron chi connectivity index (χ0n) is 15.9. The number of oxazole rings is 1. The highest BCUT2D eigenvalue weighted by Gasteiger charge is 2.12. The van der Waals surface area contributed by atoms with Gasteiger partial charge in [-0.05, 0) is 38.5 Å². The lowest BCUT2D eigenvalue weighted by atomic mass is 10.1. The third-order valence-corrected chi connectivity index (χ3v) is 5.18. The van der Waals surface area contributed by atoms with Crippen molar-refractivity contribution < 1.29 is 9.21 Å². The lowest BCUT2D eigenvalue weighted by Crippen LogP contribution is -2.24. The van der Waals surface area contributed by atoms with Gasteiger partial charge in [0.15, 0.2) is 0 Å². The Balaban J connectivity index is 1.48. The number of carbonyl (C=O) groups excluding carboxylic acids is 1. The van der Waals surface area contributed by atoms with Gasteiger partial charge in [0, 0.05) is 17.9 Å². The summed E-state index contributed by atoms with van der Waals surface area (Å²) < 4.78 is 5.80. The highest BCUT2D eigenvalue weighted by molar-refractivity contribution is 7.99. The summed E-state index contributed by atoms with van der Waals surface area (Å²) in [6, 6.07) is 16.3. The fourth-order valence-corrected chi connectivity index (χ4v) is 3.51. The molecular weight excluding hydrogens is 356 g/mol. The van der Waals surface area contributed by atoms with E-state index in [9.17, 15) is 4.79 Å². The third kappa shape index (κ3) is 5.47. The Labute approximate surface area is 164 Å². The lowest BCUT2D eigenvalue weighted by molar-refractivity contribution is -0.118. The minimum absolute atomic E-state index is 0.0284. The molecule has 0 fully saturated rings. The first-order valence-corrected chi connectivity index (χ1v) is 10.1. The normalized spacial score (nSPS) is 10.8. The molecule has 0 radical (unpaired) electrons. The molecule has 1 heterocycles. The second kappa shape index (κ2) is 8.91. The van der Waals surface area contributed by atoms with Crippen LogP contribution in [-0.2, 0) is 17.1 Å². The third-order valence-electron chi connectivity index (χ3n) is 4.24. The largest absolute Gasteiger partial charge is 0.441 e. The van der Waals surface area contributed by atoms with Gasteiger partial charge < -0.3 is 9.73 Å². The van der Waals surface area contributed by atoms with Crippen LogP contribution >= 0.6 is 11.8 Å². The summed E-state index contributed by atoms with van der Waals surface area (Å²) in [6.07, 6.45) is 0. The van der Waals surface area contributed by atoms with E-state index >= 15 is 0 Å². The molecule has 2 aromatic carbocycles. The minimum Gasteiger partial charge on any atom is -0.441 e. The highest BCUT2D eigenvalue weighted by Crippen LogP contribution is 2.24. The van der Waals surface area contributed by atoms with Crippen molar-refractivity contribution in [2.75, 3.05) is 5.75 Å². The number of thioether (sulfide) groups is 1. The van der Waals surface area contributed by atoms with Crippen molar-refractivity contribution in [3.8, 4) is 11.5 Å². The monoisotopic (exact) mass is 380 g/mol. The summed E-state index contributed by atoms with van der Waals surface area (Å²) in [7, 11) is 0. The van der Waals surface area contributed by atoms with Crippen LogP contribution in [0.4, 0.5) is 0 Å². The van der Waals surface area contributed by atoms with E-state index < -0.39 is 0 Å². The van der Waals surface area contributed by atoms with Gasteiger partial charge in [-0.15, -0.1) is 11.8 Å². The maximum atomic E-state index is 12.0. The Hall–Kier alpha value is -2.53. The second-order valence-corrected chi connectivity index (χ2v) is 7.63. The van der Waals surface area contributed by atoms with Crippen LogP contribution in [0.15, 0.2) is 52.9 Å². The molecule has 0 unspecified atom stereocenters. The SMILES string of the molecule is Cc1ccc(CNC(=O)CSCc2nc(-c3cccc(C)c3)oc2C)cc1. The number of hydrogen-bond donors (Lipinski definition) is 1. The van der Waals surface area contributed by atoms with E-state index in [1.807, 2.05) is 44.2 Å². The number of aromatic nitrogens is 1. The molecule has 3 aromatic rings. The van der Waals surface area contributed by atoms with Crippen molar-refractivity contribution in [1.82, 2.24) is 10.3 Å². The van der Waals surface area contributed by atoms with Crippen LogP contribution in [0, 0.1) is 20.8 Å². The maximum Gasteiger partial charge on any atom is 0.230 e. The number of aryl methyl sites for hydroxylation is 3. The number of nitrogens with zero attached hydrogens (tertiary/aromatic N) is 1. The quantitative estimate of drug-likeness (QED) is 0.639. The van der Waals surface area contributed by atoms with Gasteiger partial charge in [0.1, 0.15) is 5.76 Å². The van der Waals surface area contributed by atoms with Crippen molar-refractivity contribution in [2.24, 2.45) is 0 Å². The fraction of sp³-hybridized carbons (Fsp3) is 0.273. The maximum absolute atomic E-state index is 12.0. The Bertz CT molecular complexity index is 916. The molecule has 27 heavy (non-hydrogen) atoms. The molecule has 0 spiro atoms. The van der Waals surface area contributed by atoms with Gasteiger partial charge >= 0.3 is 0 Å². The van der Waals surface area contributed by atoms with Gasteiger partial charge in [-0.3, -0.25) is 4.79 Å². The zero-order chi connectivity index (χ0) is 19.2. The van der Waals surface area contributed by atoms with Crippen molar-refractivity contribution in [2.45, 2.75) is 33.1 Å². The van der Waals surface area contributed by atoms with Crippen LogP contribution in [0.25, 0.3) is 11.5 Å². The Kier molecular flexibility index (Phi) is 6.35. The van der Waals surface area contributed by atoms with E-state index in [4.69, 9.17) is 4.42 Å². The molecule has 1 aromatic heterocycles. The predicted octanol–water partition coefficient (Wildman–Crippen LogP) is 4.82. The lowest BCUT2D eigenvalue weighted by Gasteiger charge is -2.05. The van der Waals surface area contributed by atoms with E-state index in [2.05, 4.69) is 35.4 Å². The van der Waals surface area contributed by atoms with Crippen LogP contribution in [0.1, 0.15) is 28.1 Å². The number of nitrogens with one attached hydrogen (secondary N) is 1. The van der Waals surface area contributed by atoms with Crippen molar-refractivity contribution in [3.63, 3.8) is 0 Å². The molecule has 140 valence electrons. The number of rotatable bonds is 7. The van der Waals surface area contributed by atoms with Gasteiger partial charge in [-0.1, -0.05) is 47.5 Å². The molecule has 1 N–H and O–H groups in total. The Morgan fingerprint density at radius 2 is 1.85 bits per heavy atom. The molecule has 0 saturated carbocycles. The van der Waals surface area contributed by atoms with E-state index in [-0.39, 0.29) is 5.91 Å². The number of amides is 1. The van der Waals surface area contributed by atoms with E-state index in [0.717, 1.165) is 22.6 Å². The first-order chi connectivity index (χ1) is 13.0. The number of carbonyl (C=O) groups is 1. The molecule has 0 aliphatic rings. The first-order valence-electron chi connectivity index (χ1n) is 8.94. The van der Waals surface area contributed by atoms with Gasteiger partial charge in [0.05, 0.1) is 11.4 Å². The van der Waals surface area contributed by atoms with Gasteiger partial charge in [-0.2, -0.15) is 0 Å². The molecule has 3 rings (SSSR count). The highest BCUT2D eigenvalue weighted by atomic mass is 32.2. The Morgan fingerprint density at radius 3 is 2.59 bits per heavy atom. The molecule has 0 saturated heterocycles. The summed E-state index contributed by atoms with van der Waals surface area (Å²) >= 11 is 1.54. The summed E-state index contributed by atoms with van der Waals surface area (Å²) in [5.74, 6) is 2.52. The molecule has 4 nitrogen and oxygen atoms in total. The average Bonchev–Trinajstić information content (AvgIpc) is 3.02. The first kappa shape index (κ1) is 19.2. The molecule has 0 atom stereocenters. The molecule has 1 amide bonds. The van der Waals surface area contributed by atoms with Gasteiger partial charge in [0.25, 0.3) is 0 Å². The smallest absolute Gasteiger partial charge is 0.230 e. The number of hydrogen-bond acceptors (Lipinski definition) is 4. The zero-order valence-corrected chi connectivity index (χ0v) is 16.7. The van der Waals surface area contributed by atoms with Crippen LogP contribution < -0.4 is 5.32 Å². The fourth-order valence-electron chi connectivity index (χ4n) is 2.66.